The number of carbonyl (C=O) groups excluding carboxylic acids is 1. The monoisotopic (exact) mass is 200 g/mol. The van der Waals surface area contributed by atoms with Crippen LogP contribution in [0.15, 0.2) is 0 Å². The first-order valence-electron chi connectivity index (χ1n) is 4.80. The third-order valence-electron chi connectivity index (χ3n) is 2.48. The van der Waals surface area contributed by atoms with Crippen LogP contribution >= 0.6 is 0 Å². The molecule has 3 N–H and O–H groups in total. The van der Waals surface area contributed by atoms with E-state index in [1.807, 2.05) is 0 Å². The Kier molecular flexibility index (Phi) is 3.88. The molecule has 0 aromatic rings. The van der Waals surface area contributed by atoms with Crippen LogP contribution in [0, 0.1) is 5.92 Å². The molecule has 1 fully saturated rings. The topological polar surface area (TPSA) is 78.4 Å². The SMILES string of the molecule is CNCC(=O)NC1CCC(C(=O)O)C1. The van der Waals surface area contributed by atoms with E-state index in [2.05, 4.69) is 10.6 Å². The highest BCUT2D eigenvalue weighted by Gasteiger charge is 2.30. The van der Waals surface area contributed by atoms with Crippen molar-refractivity contribution in [2.24, 2.45) is 5.92 Å². The first-order valence-corrected chi connectivity index (χ1v) is 4.80. The van der Waals surface area contributed by atoms with Crippen LogP contribution in [0.1, 0.15) is 19.3 Å². The van der Waals surface area contributed by atoms with E-state index in [-0.39, 0.29) is 24.4 Å². The van der Waals surface area contributed by atoms with Crippen molar-refractivity contribution < 1.29 is 14.7 Å². The van der Waals surface area contributed by atoms with E-state index in [0.717, 1.165) is 6.42 Å². The van der Waals surface area contributed by atoms with Crippen LogP contribution in [0.4, 0.5) is 0 Å². The Morgan fingerprint density at radius 3 is 2.64 bits per heavy atom. The average Bonchev–Trinajstić information content (AvgIpc) is 2.53. The van der Waals surface area contributed by atoms with Crippen LogP contribution in [0.3, 0.4) is 0 Å². The fourth-order valence-corrected chi connectivity index (χ4v) is 1.78. The van der Waals surface area contributed by atoms with Gasteiger partial charge in [0.05, 0.1) is 12.5 Å². The van der Waals surface area contributed by atoms with Gasteiger partial charge in [0.1, 0.15) is 0 Å². The largest absolute Gasteiger partial charge is 0.481 e. The van der Waals surface area contributed by atoms with E-state index < -0.39 is 5.97 Å². The maximum absolute atomic E-state index is 11.2. The third-order valence-corrected chi connectivity index (χ3v) is 2.48. The van der Waals surface area contributed by atoms with Crippen molar-refractivity contribution in [3.8, 4) is 0 Å². The number of aliphatic carboxylic acids is 1. The summed E-state index contributed by atoms with van der Waals surface area (Å²) in [7, 11) is 1.70. The van der Waals surface area contributed by atoms with Gasteiger partial charge in [0.2, 0.25) is 5.91 Å². The molecule has 5 heteroatoms. The van der Waals surface area contributed by atoms with Gasteiger partial charge < -0.3 is 15.7 Å². The molecule has 0 aliphatic heterocycles. The summed E-state index contributed by atoms with van der Waals surface area (Å²) in [6.45, 7) is 0.286. The van der Waals surface area contributed by atoms with Gasteiger partial charge >= 0.3 is 5.97 Å². The molecule has 0 spiro atoms. The Labute approximate surface area is 82.9 Å². The number of rotatable bonds is 4. The predicted molar refractivity (Wildman–Crippen MR) is 50.8 cm³/mol. The van der Waals surface area contributed by atoms with Gasteiger partial charge in [-0.3, -0.25) is 9.59 Å². The molecule has 1 saturated carbocycles. The Balaban J connectivity index is 2.28. The molecule has 1 rings (SSSR count). The highest BCUT2D eigenvalue weighted by molar-refractivity contribution is 5.78. The summed E-state index contributed by atoms with van der Waals surface area (Å²) in [6.07, 6.45) is 2.00. The van der Waals surface area contributed by atoms with Crippen LogP contribution < -0.4 is 10.6 Å². The number of likely N-dealkylation sites (N-methyl/N-ethyl adjacent to an activating group) is 1. The Morgan fingerprint density at radius 2 is 2.14 bits per heavy atom. The Hall–Kier alpha value is -1.10. The summed E-state index contributed by atoms with van der Waals surface area (Å²) >= 11 is 0. The zero-order chi connectivity index (χ0) is 10.6. The third kappa shape index (κ3) is 2.99. The molecule has 2 unspecified atom stereocenters. The molecule has 0 saturated heterocycles. The van der Waals surface area contributed by atoms with E-state index in [1.165, 1.54) is 0 Å². The van der Waals surface area contributed by atoms with Crippen LogP contribution in [0.5, 0.6) is 0 Å². The zero-order valence-electron chi connectivity index (χ0n) is 8.25. The van der Waals surface area contributed by atoms with Crippen molar-refractivity contribution in [2.45, 2.75) is 25.3 Å². The van der Waals surface area contributed by atoms with E-state index in [0.29, 0.717) is 12.8 Å². The molecule has 0 radical (unpaired) electrons. The summed E-state index contributed by atoms with van der Waals surface area (Å²) < 4.78 is 0. The molecule has 1 aliphatic rings. The second-order valence-corrected chi connectivity index (χ2v) is 3.64. The number of carbonyl (C=O) groups is 2. The number of hydrogen-bond donors (Lipinski definition) is 3. The number of carboxylic acid groups (broad SMARTS) is 1. The molecule has 14 heavy (non-hydrogen) atoms. The van der Waals surface area contributed by atoms with Crippen molar-refractivity contribution in [3.63, 3.8) is 0 Å². The van der Waals surface area contributed by atoms with Gasteiger partial charge in [-0.15, -0.1) is 0 Å². The molecule has 1 amide bonds. The van der Waals surface area contributed by atoms with Gasteiger partial charge in [-0.1, -0.05) is 0 Å². The van der Waals surface area contributed by atoms with Crippen LogP contribution in [0.25, 0.3) is 0 Å². The molecule has 0 aromatic carbocycles. The summed E-state index contributed by atoms with van der Waals surface area (Å²) in [5.41, 5.74) is 0. The molecule has 2 atom stereocenters. The summed E-state index contributed by atoms with van der Waals surface area (Å²) in [5, 5.41) is 14.3. The fraction of sp³-hybridized carbons (Fsp3) is 0.778. The first kappa shape index (κ1) is 11.0. The molecule has 80 valence electrons. The predicted octanol–water partition coefficient (Wildman–Crippen LogP) is -0.425. The van der Waals surface area contributed by atoms with Gasteiger partial charge in [0, 0.05) is 6.04 Å². The van der Waals surface area contributed by atoms with Crippen molar-refractivity contribution in [1.29, 1.82) is 0 Å². The van der Waals surface area contributed by atoms with Crippen molar-refractivity contribution >= 4 is 11.9 Å². The van der Waals surface area contributed by atoms with Crippen LogP contribution in [-0.4, -0.2) is 36.6 Å². The smallest absolute Gasteiger partial charge is 0.306 e. The van der Waals surface area contributed by atoms with E-state index in [1.54, 1.807) is 7.05 Å². The lowest BCUT2D eigenvalue weighted by Gasteiger charge is -2.11. The summed E-state index contributed by atoms with van der Waals surface area (Å²) in [6, 6.07) is 0.0388. The van der Waals surface area contributed by atoms with Gasteiger partial charge in [0.15, 0.2) is 0 Å². The molecular weight excluding hydrogens is 184 g/mol. The molecular formula is C9H16N2O3. The maximum atomic E-state index is 11.2. The highest BCUT2D eigenvalue weighted by Crippen LogP contribution is 2.25. The van der Waals surface area contributed by atoms with Gasteiger partial charge in [0.25, 0.3) is 0 Å². The summed E-state index contributed by atoms with van der Waals surface area (Å²) in [5.74, 6) is -1.10. The molecule has 0 aromatic heterocycles. The standard InChI is InChI=1S/C9H16N2O3/c1-10-5-8(12)11-7-3-2-6(4-7)9(13)14/h6-7,10H,2-5H2,1H3,(H,11,12)(H,13,14). The van der Waals surface area contributed by atoms with Gasteiger partial charge in [-0.05, 0) is 26.3 Å². The number of amides is 1. The second kappa shape index (κ2) is 4.95. The summed E-state index contributed by atoms with van der Waals surface area (Å²) in [4.78, 5) is 21.8. The first-order chi connectivity index (χ1) is 6.63. The number of hydrogen-bond acceptors (Lipinski definition) is 3. The van der Waals surface area contributed by atoms with E-state index in [4.69, 9.17) is 5.11 Å². The van der Waals surface area contributed by atoms with E-state index in [9.17, 15) is 9.59 Å². The minimum absolute atomic E-state index is 0.0388. The zero-order valence-corrected chi connectivity index (χ0v) is 8.25. The number of carboxylic acids is 1. The lowest BCUT2D eigenvalue weighted by atomic mass is 10.1. The normalized spacial score (nSPS) is 26.1. The Morgan fingerprint density at radius 1 is 1.43 bits per heavy atom. The lowest BCUT2D eigenvalue weighted by molar-refractivity contribution is -0.141. The van der Waals surface area contributed by atoms with Crippen LogP contribution in [-0.2, 0) is 9.59 Å². The quantitative estimate of drug-likeness (QED) is 0.575. The molecule has 5 nitrogen and oxygen atoms in total. The maximum Gasteiger partial charge on any atom is 0.306 e. The second-order valence-electron chi connectivity index (χ2n) is 3.64. The highest BCUT2D eigenvalue weighted by atomic mass is 16.4. The van der Waals surface area contributed by atoms with Crippen molar-refractivity contribution in [2.75, 3.05) is 13.6 Å². The lowest BCUT2D eigenvalue weighted by Crippen LogP contribution is -2.38. The van der Waals surface area contributed by atoms with E-state index >= 15 is 0 Å². The van der Waals surface area contributed by atoms with Gasteiger partial charge in [-0.25, -0.2) is 0 Å². The van der Waals surface area contributed by atoms with Crippen molar-refractivity contribution in [1.82, 2.24) is 10.6 Å². The van der Waals surface area contributed by atoms with Crippen LogP contribution in [0.2, 0.25) is 0 Å². The minimum atomic E-state index is -0.754. The van der Waals surface area contributed by atoms with Crippen molar-refractivity contribution in [3.05, 3.63) is 0 Å². The molecule has 1 aliphatic carbocycles. The molecule has 0 heterocycles. The Bertz CT molecular complexity index is 230. The van der Waals surface area contributed by atoms with Gasteiger partial charge in [-0.2, -0.15) is 0 Å². The number of nitrogens with one attached hydrogen (secondary N) is 2. The minimum Gasteiger partial charge on any atom is -0.481 e. The fourth-order valence-electron chi connectivity index (χ4n) is 1.78. The molecule has 0 bridgehead atoms. The average molecular weight is 200 g/mol.